The van der Waals surface area contributed by atoms with Crippen LogP contribution in [0.2, 0.25) is 0 Å². The molecule has 0 aromatic heterocycles. The van der Waals surface area contributed by atoms with E-state index in [0.717, 1.165) is 18.3 Å². The summed E-state index contributed by atoms with van der Waals surface area (Å²) in [6, 6.07) is 10.4. The molecule has 1 N–H and O–H groups in total. The van der Waals surface area contributed by atoms with Crippen molar-refractivity contribution in [1.29, 1.82) is 0 Å². The normalized spacial score (nSPS) is 12.1. The Morgan fingerprint density at radius 2 is 2.06 bits per heavy atom. The Bertz CT molecular complexity index is 313. The molecule has 2 nitrogen and oxygen atoms in total. The molecule has 0 saturated heterocycles. The monoisotopic (exact) mass is 283 g/mol. The number of benzene rings is 1. The Morgan fingerprint density at radius 3 is 2.69 bits per heavy atom. The molecule has 88 valence electrons. The summed E-state index contributed by atoms with van der Waals surface area (Å²) in [4.78, 5) is 11.2. The number of carbonyl (C=O) groups excluding carboxylic acids is 1. The summed E-state index contributed by atoms with van der Waals surface area (Å²) in [5.41, 5.74) is 1.33. The van der Waals surface area contributed by atoms with E-state index in [1.165, 1.54) is 5.56 Å². The molecule has 1 rings (SSSR count). The van der Waals surface area contributed by atoms with Crippen molar-refractivity contribution in [1.82, 2.24) is 5.32 Å². The molecule has 16 heavy (non-hydrogen) atoms. The van der Waals surface area contributed by atoms with E-state index in [1.54, 1.807) is 0 Å². The van der Waals surface area contributed by atoms with Crippen molar-refractivity contribution in [3.8, 4) is 0 Å². The van der Waals surface area contributed by atoms with Crippen LogP contribution >= 0.6 is 15.9 Å². The summed E-state index contributed by atoms with van der Waals surface area (Å²) < 4.78 is 0. The lowest BCUT2D eigenvalue weighted by Gasteiger charge is -2.12. The summed E-state index contributed by atoms with van der Waals surface area (Å²) in [5, 5.41) is 3.64. The van der Waals surface area contributed by atoms with Gasteiger partial charge in [-0.2, -0.15) is 0 Å². The van der Waals surface area contributed by atoms with Crippen LogP contribution in [0.3, 0.4) is 0 Å². The first kappa shape index (κ1) is 13.2. The second kappa shape index (κ2) is 7.44. The van der Waals surface area contributed by atoms with Crippen molar-refractivity contribution >= 4 is 21.8 Å². The minimum absolute atomic E-state index is 0.122. The van der Waals surface area contributed by atoms with Crippen LogP contribution in [-0.4, -0.2) is 17.8 Å². The first-order valence-electron chi connectivity index (χ1n) is 5.61. The molecule has 1 aromatic rings. The fourth-order valence-corrected chi connectivity index (χ4v) is 1.91. The summed E-state index contributed by atoms with van der Waals surface area (Å²) in [5.74, 6) is 0.614. The van der Waals surface area contributed by atoms with Crippen LogP contribution in [-0.2, 0) is 4.79 Å². The smallest absolute Gasteiger partial charge is 0.220 e. The van der Waals surface area contributed by atoms with Crippen molar-refractivity contribution in [3.05, 3.63) is 35.9 Å². The van der Waals surface area contributed by atoms with E-state index in [-0.39, 0.29) is 5.91 Å². The molecule has 0 heterocycles. The van der Waals surface area contributed by atoms with Gasteiger partial charge < -0.3 is 5.32 Å². The maximum absolute atomic E-state index is 11.2. The molecule has 1 unspecified atom stereocenters. The zero-order chi connectivity index (χ0) is 11.8. The van der Waals surface area contributed by atoms with E-state index < -0.39 is 0 Å². The lowest BCUT2D eigenvalue weighted by Crippen LogP contribution is -2.25. The molecule has 0 aliphatic carbocycles. The number of halogens is 1. The van der Waals surface area contributed by atoms with E-state index in [2.05, 4.69) is 52.4 Å². The number of rotatable bonds is 6. The van der Waals surface area contributed by atoms with Crippen LogP contribution in [0.5, 0.6) is 0 Å². The topological polar surface area (TPSA) is 29.1 Å². The summed E-state index contributed by atoms with van der Waals surface area (Å²) >= 11 is 3.25. The summed E-state index contributed by atoms with van der Waals surface area (Å²) in [7, 11) is 0. The molecule has 3 heteroatoms. The lowest BCUT2D eigenvalue weighted by atomic mass is 9.98. The highest BCUT2D eigenvalue weighted by molar-refractivity contribution is 9.09. The minimum Gasteiger partial charge on any atom is -0.356 e. The van der Waals surface area contributed by atoms with Gasteiger partial charge in [0.2, 0.25) is 5.91 Å². The number of hydrogen-bond acceptors (Lipinski definition) is 1. The molecule has 1 amide bonds. The Hall–Kier alpha value is -0.830. The Labute approximate surface area is 106 Å². The predicted molar refractivity (Wildman–Crippen MR) is 70.9 cm³/mol. The number of amides is 1. The number of alkyl halides is 1. The highest BCUT2D eigenvalue weighted by Crippen LogP contribution is 2.17. The fraction of sp³-hybridized carbons (Fsp3) is 0.462. The van der Waals surface area contributed by atoms with Crippen LogP contribution in [0.15, 0.2) is 30.3 Å². The number of nitrogens with one attached hydrogen (secondary N) is 1. The average molecular weight is 284 g/mol. The standard InChI is InChI=1S/C13H18BrNO/c1-11(12-5-3-2-4-6-12)8-10-15-13(16)7-9-14/h2-6,11H,7-10H2,1H3,(H,15,16). The molecule has 0 spiro atoms. The molecule has 1 atom stereocenters. The predicted octanol–water partition coefficient (Wildman–Crippen LogP) is 3.08. The number of hydrogen-bond donors (Lipinski definition) is 1. The molecule has 0 aliphatic heterocycles. The summed E-state index contributed by atoms with van der Waals surface area (Å²) in [6.45, 7) is 2.94. The number of carbonyl (C=O) groups is 1. The van der Waals surface area contributed by atoms with Gasteiger partial charge in [-0.15, -0.1) is 0 Å². The zero-order valence-electron chi connectivity index (χ0n) is 9.58. The van der Waals surface area contributed by atoms with Gasteiger partial charge >= 0.3 is 0 Å². The van der Waals surface area contributed by atoms with Gasteiger partial charge in [0, 0.05) is 18.3 Å². The van der Waals surface area contributed by atoms with Crippen LogP contribution in [0.4, 0.5) is 0 Å². The average Bonchev–Trinajstić information content (AvgIpc) is 2.30. The third kappa shape index (κ3) is 4.79. The third-order valence-corrected chi connectivity index (χ3v) is 2.99. The van der Waals surface area contributed by atoms with Crippen LogP contribution in [0.25, 0.3) is 0 Å². The van der Waals surface area contributed by atoms with Gasteiger partial charge in [0.05, 0.1) is 0 Å². The van der Waals surface area contributed by atoms with Gasteiger partial charge in [0.25, 0.3) is 0 Å². The largest absolute Gasteiger partial charge is 0.356 e. The molecular weight excluding hydrogens is 266 g/mol. The van der Waals surface area contributed by atoms with E-state index in [9.17, 15) is 4.79 Å². The second-order valence-electron chi connectivity index (χ2n) is 3.89. The van der Waals surface area contributed by atoms with E-state index in [4.69, 9.17) is 0 Å². The zero-order valence-corrected chi connectivity index (χ0v) is 11.2. The first-order valence-corrected chi connectivity index (χ1v) is 6.73. The highest BCUT2D eigenvalue weighted by atomic mass is 79.9. The third-order valence-electron chi connectivity index (χ3n) is 2.59. The molecule has 0 bridgehead atoms. The van der Waals surface area contributed by atoms with Crippen molar-refractivity contribution in [2.75, 3.05) is 11.9 Å². The Morgan fingerprint density at radius 1 is 1.38 bits per heavy atom. The van der Waals surface area contributed by atoms with Crippen LogP contribution in [0.1, 0.15) is 31.2 Å². The van der Waals surface area contributed by atoms with Crippen LogP contribution in [0, 0.1) is 0 Å². The van der Waals surface area contributed by atoms with Crippen molar-refractivity contribution in [2.24, 2.45) is 0 Å². The molecule has 0 saturated carbocycles. The molecule has 1 aromatic carbocycles. The maximum Gasteiger partial charge on any atom is 0.220 e. The Kier molecular flexibility index (Phi) is 6.16. The van der Waals surface area contributed by atoms with Gasteiger partial charge in [-0.25, -0.2) is 0 Å². The van der Waals surface area contributed by atoms with E-state index in [0.29, 0.717) is 12.3 Å². The minimum atomic E-state index is 0.122. The van der Waals surface area contributed by atoms with E-state index in [1.807, 2.05) is 6.07 Å². The molecule has 0 aliphatic rings. The van der Waals surface area contributed by atoms with Crippen molar-refractivity contribution in [3.63, 3.8) is 0 Å². The second-order valence-corrected chi connectivity index (χ2v) is 4.68. The first-order chi connectivity index (χ1) is 7.74. The highest BCUT2D eigenvalue weighted by Gasteiger charge is 2.05. The van der Waals surface area contributed by atoms with Crippen LogP contribution < -0.4 is 5.32 Å². The van der Waals surface area contributed by atoms with Gasteiger partial charge in [0.1, 0.15) is 0 Å². The molecule has 0 radical (unpaired) electrons. The lowest BCUT2D eigenvalue weighted by molar-refractivity contribution is -0.120. The quantitative estimate of drug-likeness (QED) is 0.799. The summed E-state index contributed by atoms with van der Waals surface area (Å²) in [6.07, 6.45) is 1.54. The van der Waals surface area contributed by atoms with Gasteiger partial charge in [-0.3, -0.25) is 4.79 Å². The SMILES string of the molecule is CC(CCNC(=O)CCBr)c1ccccc1. The van der Waals surface area contributed by atoms with Gasteiger partial charge in [0.15, 0.2) is 0 Å². The van der Waals surface area contributed by atoms with Crippen molar-refractivity contribution < 1.29 is 4.79 Å². The Balaban J connectivity index is 2.26. The maximum atomic E-state index is 11.2. The molecular formula is C13H18BrNO. The van der Waals surface area contributed by atoms with Crippen molar-refractivity contribution in [2.45, 2.75) is 25.7 Å². The molecule has 0 fully saturated rings. The van der Waals surface area contributed by atoms with E-state index >= 15 is 0 Å². The fourth-order valence-electron chi connectivity index (χ4n) is 1.55. The van der Waals surface area contributed by atoms with Gasteiger partial charge in [-0.1, -0.05) is 53.2 Å². The van der Waals surface area contributed by atoms with Gasteiger partial charge in [-0.05, 0) is 17.9 Å².